The summed E-state index contributed by atoms with van der Waals surface area (Å²) in [5.74, 6) is 0.962. The van der Waals surface area contributed by atoms with Crippen molar-refractivity contribution in [1.29, 1.82) is 0 Å². The van der Waals surface area contributed by atoms with E-state index in [1.165, 1.54) is 0 Å². The molecule has 124 valence electrons. The van der Waals surface area contributed by atoms with E-state index in [0.29, 0.717) is 6.61 Å². The number of benzene rings is 1. The van der Waals surface area contributed by atoms with E-state index in [0.717, 1.165) is 11.3 Å². The third-order valence-corrected chi connectivity index (χ3v) is 4.00. The highest BCUT2D eigenvalue weighted by molar-refractivity contribution is 5.26. The summed E-state index contributed by atoms with van der Waals surface area (Å²) in [6, 6.07) is 7.69. The van der Waals surface area contributed by atoms with Gasteiger partial charge in [-0.3, -0.25) is 0 Å². The molecule has 0 amide bonds. The van der Waals surface area contributed by atoms with Crippen LogP contribution in [0.25, 0.3) is 0 Å². The lowest BCUT2D eigenvalue weighted by molar-refractivity contribution is -0.0586. The standard InChI is InChI=1S/C18H28O4/c1-6-13(2)18(21-5)14(3)17(19)12-22-11-15-7-9-16(20-4)10-8-15/h6-10,13-14,17-19H,1,11-12H2,2-5H3/t13-,14+,17-,18-/m0/s1. The van der Waals surface area contributed by atoms with Crippen LogP contribution in [0.5, 0.6) is 5.75 Å². The molecule has 0 spiro atoms. The highest BCUT2D eigenvalue weighted by Crippen LogP contribution is 2.21. The van der Waals surface area contributed by atoms with Crippen molar-refractivity contribution in [1.82, 2.24) is 0 Å². The number of rotatable bonds is 10. The molecule has 4 heteroatoms. The predicted molar refractivity (Wildman–Crippen MR) is 88.0 cm³/mol. The van der Waals surface area contributed by atoms with E-state index in [1.54, 1.807) is 14.2 Å². The van der Waals surface area contributed by atoms with Crippen LogP contribution in [0.15, 0.2) is 36.9 Å². The topological polar surface area (TPSA) is 47.9 Å². The van der Waals surface area contributed by atoms with E-state index in [1.807, 2.05) is 44.2 Å². The van der Waals surface area contributed by atoms with Gasteiger partial charge in [0.05, 0.1) is 32.5 Å². The largest absolute Gasteiger partial charge is 0.497 e. The lowest BCUT2D eigenvalue weighted by atomic mass is 9.89. The van der Waals surface area contributed by atoms with Crippen molar-refractivity contribution >= 4 is 0 Å². The van der Waals surface area contributed by atoms with Gasteiger partial charge in [0.1, 0.15) is 5.75 Å². The molecule has 0 unspecified atom stereocenters. The van der Waals surface area contributed by atoms with Crippen LogP contribution in [-0.4, -0.2) is 38.1 Å². The minimum absolute atomic E-state index is 0.0335. The van der Waals surface area contributed by atoms with E-state index in [4.69, 9.17) is 14.2 Å². The Morgan fingerprint density at radius 1 is 1.18 bits per heavy atom. The average Bonchev–Trinajstić information content (AvgIpc) is 2.55. The molecule has 0 radical (unpaired) electrons. The maximum absolute atomic E-state index is 10.3. The van der Waals surface area contributed by atoms with Crippen LogP contribution in [-0.2, 0) is 16.1 Å². The van der Waals surface area contributed by atoms with Crippen LogP contribution in [0.4, 0.5) is 0 Å². The molecule has 0 bridgehead atoms. The summed E-state index contributed by atoms with van der Waals surface area (Å²) < 4.78 is 16.2. The van der Waals surface area contributed by atoms with Crippen molar-refractivity contribution in [3.05, 3.63) is 42.5 Å². The number of methoxy groups -OCH3 is 2. The summed E-state index contributed by atoms with van der Waals surface area (Å²) in [5, 5.41) is 10.3. The SMILES string of the molecule is C=C[C@H](C)[C@H](OC)[C@H](C)[C@@H](O)COCc1ccc(OC)cc1. The van der Waals surface area contributed by atoms with Gasteiger partial charge in [-0.1, -0.05) is 32.1 Å². The third kappa shape index (κ3) is 5.44. The molecule has 1 aromatic carbocycles. The molecule has 1 N–H and O–H groups in total. The van der Waals surface area contributed by atoms with E-state index in [9.17, 15) is 5.11 Å². The molecular weight excluding hydrogens is 280 g/mol. The minimum atomic E-state index is -0.578. The lowest BCUT2D eigenvalue weighted by Crippen LogP contribution is -2.37. The van der Waals surface area contributed by atoms with Crippen molar-refractivity contribution < 1.29 is 19.3 Å². The smallest absolute Gasteiger partial charge is 0.118 e. The normalized spacial score (nSPS) is 16.6. The zero-order valence-corrected chi connectivity index (χ0v) is 14.0. The van der Waals surface area contributed by atoms with E-state index < -0.39 is 6.10 Å². The van der Waals surface area contributed by atoms with Crippen LogP contribution in [0.3, 0.4) is 0 Å². The Morgan fingerprint density at radius 2 is 1.82 bits per heavy atom. The molecular formula is C18H28O4. The zero-order chi connectivity index (χ0) is 16.5. The van der Waals surface area contributed by atoms with Crippen molar-refractivity contribution in [2.75, 3.05) is 20.8 Å². The molecule has 0 aromatic heterocycles. The van der Waals surface area contributed by atoms with Gasteiger partial charge in [-0.15, -0.1) is 6.58 Å². The lowest BCUT2D eigenvalue weighted by Gasteiger charge is -2.30. The highest BCUT2D eigenvalue weighted by Gasteiger charge is 2.27. The average molecular weight is 308 g/mol. The Hall–Kier alpha value is -1.36. The predicted octanol–water partition coefficient (Wildman–Crippen LogP) is 3.05. The van der Waals surface area contributed by atoms with Crippen LogP contribution >= 0.6 is 0 Å². The van der Waals surface area contributed by atoms with Gasteiger partial charge in [0.25, 0.3) is 0 Å². The van der Waals surface area contributed by atoms with Crippen LogP contribution in [0, 0.1) is 11.8 Å². The summed E-state index contributed by atoms with van der Waals surface area (Å²) in [6.07, 6.45) is 1.19. The molecule has 0 heterocycles. The first-order valence-electron chi connectivity index (χ1n) is 7.57. The molecule has 1 rings (SSSR count). The van der Waals surface area contributed by atoms with Crippen LogP contribution in [0.2, 0.25) is 0 Å². The number of aliphatic hydroxyl groups is 1. The fourth-order valence-corrected chi connectivity index (χ4v) is 2.43. The molecule has 0 saturated carbocycles. The second-order valence-corrected chi connectivity index (χ2v) is 5.58. The Labute approximate surface area is 133 Å². The van der Waals surface area contributed by atoms with Gasteiger partial charge in [-0.05, 0) is 17.7 Å². The molecule has 0 aliphatic carbocycles. The van der Waals surface area contributed by atoms with Gasteiger partial charge in [-0.2, -0.15) is 0 Å². The Kier molecular flexibility index (Phi) is 8.17. The summed E-state index contributed by atoms with van der Waals surface area (Å²) in [7, 11) is 3.30. The Bertz CT molecular complexity index is 429. The number of hydrogen-bond acceptors (Lipinski definition) is 4. The molecule has 22 heavy (non-hydrogen) atoms. The van der Waals surface area contributed by atoms with E-state index in [-0.39, 0.29) is 24.5 Å². The van der Waals surface area contributed by atoms with Crippen molar-refractivity contribution in [3.8, 4) is 5.75 Å². The van der Waals surface area contributed by atoms with Crippen molar-refractivity contribution in [2.24, 2.45) is 11.8 Å². The number of aliphatic hydroxyl groups excluding tert-OH is 1. The van der Waals surface area contributed by atoms with E-state index in [2.05, 4.69) is 6.58 Å². The second kappa shape index (κ2) is 9.62. The summed E-state index contributed by atoms with van der Waals surface area (Å²) in [4.78, 5) is 0. The first-order valence-corrected chi connectivity index (χ1v) is 7.57. The minimum Gasteiger partial charge on any atom is -0.497 e. The first-order chi connectivity index (χ1) is 10.5. The van der Waals surface area contributed by atoms with Gasteiger partial charge in [-0.25, -0.2) is 0 Å². The molecule has 0 aliphatic rings. The van der Waals surface area contributed by atoms with E-state index >= 15 is 0 Å². The number of hydrogen-bond donors (Lipinski definition) is 1. The highest BCUT2D eigenvalue weighted by atomic mass is 16.5. The van der Waals surface area contributed by atoms with Crippen LogP contribution < -0.4 is 4.74 Å². The molecule has 0 aliphatic heterocycles. The number of ether oxygens (including phenoxy) is 3. The van der Waals surface area contributed by atoms with Crippen molar-refractivity contribution in [3.63, 3.8) is 0 Å². The molecule has 1 aromatic rings. The maximum atomic E-state index is 10.3. The zero-order valence-electron chi connectivity index (χ0n) is 14.0. The molecule has 4 atom stereocenters. The molecule has 0 saturated heterocycles. The Morgan fingerprint density at radius 3 is 2.32 bits per heavy atom. The van der Waals surface area contributed by atoms with Gasteiger partial charge in [0.2, 0.25) is 0 Å². The van der Waals surface area contributed by atoms with Gasteiger partial charge < -0.3 is 19.3 Å². The van der Waals surface area contributed by atoms with Crippen molar-refractivity contribution in [2.45, 2.75) is 32.7 Å². The molecule has 4 nitrogen and oxygen atoms in total. The maximum Gasteiger partial charge on any atom is 0.118 e. The fourth-order valence-electron chi connectivity index (χ4n) is 2.43. The third-order valence-electron chi connectivity index (χ3n) is 4.00. The summed E-state index contributed by atoms with van der Waals surface area (Å²) in [5.41, 5.74) is 1.04. The monoisotopic (exact) mass is 308 g/mol. The molecule has 0 fully saturated rings. The van der Waals surface area contributed by atoms with Gasteiger partial charge >= 0.3 is 0 Å². The first kappa shape index (κ1) is 18.7. The Balaban J connectivity index is 2.43. The van der Waals surface area contributed by atoms with Gasteiger partial charge in [0, 0.05) is 18.9 Å². The second-order valence-electron chi connectivity index (χ2n) is 5.58. The van der Waals surface area contributed by atoms with Crippen LogP contribution in [0.1, 0.15) is 19.4 Å². The summed E-state index contributed by atoms with van der Waals surface area (Å²) in [6.45, 7) is 8.52. The summed E-state index contributed by atoms with van der Waals surface area (Å²) >= 11 is 0. The van der Waals surface area contributed by atoms with Gasteiger partial charge in [0.15, 0.2) is 0 Å². The quantitative estimate of drug-likeness (QED) is 0.675. The fraction of sp³-hybridized carbons (Fsp3) is 0.556.